The Morgan fingerprint density at radius 2 is 2.32 bits per heavy atom. The van der Waals surface area contributed by atoms with Crippen LogP contribution in [-0.4, -0.2) is 12.0 Å². The normalized spacial score (nSPS) is 14.9. The van der Waals surface area contributed by atoms with E-state index >= 15 is 0 Å². The average molecular weight is 358 g/mol. The molecular weight excluding hydrogens is 342 g/mol. The van der Waals surface area contributed by atoms with Crippen molar-refractivity contribution < 1.29 is 0 Å². The number of rotatable bonds is 5. The Labute approximate surface area is 129 Å². The van der Waals surface area contributed by atoms with Gasteiger partial charge in [-0.15, -0.1) is 22.7 Å². The zero-order chi connectivity index (χ0) is 13.4. The fraction of sp³-hybridized carbons (Fsp3) is 0.462. The van der Waals surface area contributed by atoms with Crippen LogP contribution in [0.5, 0.6) is 0 Å². The minimum absolute atomic E-state index is 0.612. The summed E-state index contributed by atoms with van der Waals surface area (Å²) in [7, 11) is 2.10. The lowest BCUT2D eigenvalue weighted by Crippen LogP contribution is -2.15. The Bertz CT molecular complexity index is 574. The molecule has 1 saturated carbocycles. The number of thiazole rings is 1. The summed E-state index contributed by atoms with van der Waals surface area (Å²) < 4.78 is 1.18. The molecule has 1 aliphatic rings. The van der Waals surface area contributed by atoms with E-state index in [0.29, 0.717) is 12.5 Å². The number of anilines is 1. The molecule has 3 nitrogen and oxygen atoms in total. The quantitative estimate of drug-likeness (QED) is 0.880. The van der Waals surface area contributed by atoms with Crippen molar-refractivity contribution in [3.05, 3.63) is 31.4 Å². The second-order valence-corrected chi connectivity index (χ2v) is 8.25. The Hall–Kier alpha value is -0.430. The molecule has 0 unspecified atom stereocenters. The number of nitrogens with zero attached hydrogens (tertiary/aromatic N) is 2. The van der Waals surface area contributed by atoms with Gasteiger partial charge in [0.15, 0.2) is 5.13 Å². The molecule has 2 N–H and O–H groups in total. The van der Waals surface area contributed by atoms with Gasteiger partial charge in [0.05, 0.1) is 9.48 Å². The van der Waals surface area contributed by atoms with Crippen molar-refractivity contribution in [3.8, 4) is 0 Å². The van der Waals surface area contributed by atoms with Crippen LogP contribution in [-0.2, 0) is 13.1 Å². The molecule has 0 bridgehead atoms. The van der Waals surface area contributed by atoms with E-state index in [1.807, 2.05) is 0 Å². The van der Waals surface area contributed by atoms with Crippen LogP contribution >= 0.6 is 38.6 Å². The van der Waals surface area contributed by atoms with Crippen LogP contribution in [0.25, 0.3) is 0 Å². The molecule has 2 heterocycles. The third kappa shape index (κ3) is 3.02. The van der Waals surface area contributed by atoms with Crippen molar-refractivity contribution in [2.75, 3.05) is 11.9 Å². The summed E-state index contributed by atoms with van der Waals surface area (Å²) in [5.74, 6) is 0.673. The maximum atomic E-state index is 5.83. The van der Waals surface area contributed by atoms with Crippen LogP contribution in [0.2, 0.25) is 0 Å². The van der Waals surface area contributed by atoms with Gasteiger partial charge in [-0.1, -0.05) is 0 Å². The van der Waals surface area contributed by atoms with Gasteiger partial charge >= 0.3 is 0 Å². The van der Waals surface area contributed by atoms with Crippen LogP contribution in [0, 0.1) is 0 Å². The first kappa shape index (κ1) is 13.5. The van der Waals surface area contributed by atoms with E-state index in [-0.39, 0.29) is 0 Å². The number of nitrogens with two attached hydrogens (primary N) is 1. The summed E-state index contributed by atoms with van der Waals surface area (Å²) in [6.07, 6.45) is 2.55. The molecule has 2 aromatic rings. The molecule has 0 spiro atoms. The first-order valence-electron chi connectivity index (χ1n) is 6.31. The summed E-state index contributed by atoms with van der Waals surface area (Å²) in [4.78, 5) is 8.27. The lowest BCUT2D eigenvalue weighted by Gasteiger charge is -2.14. The predicted molar refractivity (Wildman–Crippen MR) is 86.1 cm³/mol. The minimum Gasteiger partial charge on any atom is -0.347 e. The molecule has 0 amide bonds. The largest absolute Gasteiger partial charge is 0.347 e. The Kier molecular flexibility index (Phi) is 3.93. The number of aromatic nitrogens is 1. The number of hydrogen-bond donors (Lipinski definition) is 1. The fourth-order valence-electron chi connectivity index (χ4n) is 2.11. The highest BCUT2D eigenvalue weighted by Gasteiger charge is 2.29. The van der Waals surface area contributed by atoms with Gasteiger partial charge in [-0.3, -0.25) is 0 Å². The predicted octanol–water partition coefficient (Wildman–Crippen LogP) is 3.94. The summed E-state index contributed by atoms with van der Waals surface area (Å²) in [6, 6.07) is 2.17. The zero-order valence-electron chi connectivity index (χ0n) is 10.7. The average Bonchev–Trinajstić information content (AvgIpc) is 3.01. The van der Waals surface area contributed by atoms with E-state index < -0.39 is 0 Å². The van der Waals surface area contributed by atoms with Crippen LogP contribution in [0.1, 0.15) is 34.9 Å². The summed E-state index contributed by atoms with van der Waals surface area (Å²) in [5, 5.41) is 3.27. The first-order chi connectivity index (χ1) is 9.17. The monoisotopic (exact) mass is 357 g/mol. The molecule has 0 saturated heterocycles. The van der Waals surface area contributed by atoms with Gasteiger partial charge < -0.3 is 10.6 Å². The van der Waals surface area contributed by atoms with E-state index in [0.717, 1.165) is 11.7 Å². The highest BCUT2D eigenvalue weighted by atomic mass is 79.9. The van der Waals surface area contributed by atoms with E-state index in [9.17, 15) is 0 Å². The second-order valence-electron chi connectivity index (χ2n) is 4.90. The number of hydrogen-bond acceptors (Lipinski definition) is 5. The molecule has 0 aromatic carbocycles. The van der Waals surface area contributed by atoms with E-state index in [1.165, 1.54) is 32.8 Å². The molecule has 19 heavy (non-hydrogen) atoms. The number of halogens is 1. The Morgan fingerprint density at radius 3 is 2.89 bits per heavy atom. The van der Waals surface area contributed by atoms with Crippen LogP contribution < -0.4 is 10.6 Å². The maximum Gasteiger partial charge on any atom is 0.185 e. The maximum absolute atomic E-state index is 5.83. The molecule has 0 radical (unpaired) electrons. The molecule has 1 fully saturated rings. The number of thiophene rings is 1. The topological polar surface area (TPSA) is 42.2 Å². The molecule has 3 rings (SSSR count). The van der Waals surface area contributed by atoms with E-state index in [2.05, 4.69) is 39.3 Å². The Morgan fingerprint density at radius 1 is 1.53 bits per heavy atom. The third-order valence-electron chi connectivity index (χ3n) is 3.23. The lowest BCUT2D eigenvalue weighted by atomic mass is 10.2. The van der Waals surface area contributed by atoms with Gasteiger partial charge in [0.25, 0.3) is 0 Å². The highest BCUT2D eigenvalue weighted by Crippen LogP contribution is 2.44. The van der Waals surface area contributed by atoms with Crippen molar-refractivity contribution in [1.82, 2.24) is 4.98 Å². The zero-order valence-corrected chi connectivity index (χ0v) is 13.9. The second kappa shape index (κ2) is 5.52. The molecule has 1 aliphatic carbocycles. The van der Waals surface area contributed by atoms with Crippen LogP contribution in [0.4, 0.5) is 5.13 Å². The highest BCUT2D eigenvalue weighted by molar-refractivity contribution is 9.11. The van der Waals surface area contributed by atoms with Crippen molar-refractivity contribution in [2.45, 2.75) is 31.8 Å². The van der Waals surface area contributed by atoms with Crippen LogP contribution in [0.15, 0.2) is 15.2 Å². The fourth-order valence-corrected chi connectivity index (χ4v) is 4.29. The van der Waals surface area contributed by atoms with Crippen molar-refractivity contribution in [3.63, 3.8) is 0 Å². The lowest BCUT2D eigenvalue weighted by molar-refractivity contribution is 0.900. The van der Waals surface area contributed by atoms with Gasteiger partial charge in [0, 0.05) is 30.9 Å². The standard InChI is InChI=1S/C13H16BrN3S2/c1-17(6-8-4-11(14)18-7-8)13-16-12(9-2-3-9)10(5-15)19-13/h4,7,9H,2-3,5-6,15H2,1H3. The van der Waals surface area contributed by atoms with Gasteiger partial charge in [-0.2, -0.15) is 0 Å². The summed E-state index contributed by atoms with van der Waals surface area (Å²) >= 11 is 6.97. The minimum atomic E-state index is 0.612. The molecule has 6 heteroatoms. The van der Waals surface area contributed by atoms with E-state index in [4.69, 9.17) is 10.7 Å². The summed E-state index contributed by atoms with van der Waals surface area (Å²) in [5.41, 5.74) is 8.40. The molecular formula is C13H16BrN3S2. The van der Waals surface area contributed by atoms with Gasteiger partial charge in [0.2, 0.25) is 0 Å². The van der Waals surface area contributed by atoms with Crippen LogP contribution in [0.3, 0.4) is 0 Å². The molecule has 102 valence electrons. The van der Waals surface area contributed by atoms with E-state index in [1.54, 1.807) is 22.7 Å². The van der Waals surface area contributed by atoms with Gasteiger partial charge in [-0.05, 0) is 45.8 Å². The van der Waals surface area contributed by atoms with Crippen molar-refractivity contribution in [1.29, 1.82) is 0 Å². The SMILES string of the molecule is CN(Cc1csc(Br)c1)c1nc(C2CC2)c(CN)s1. The molecule has 0 aliphatic heterocycles. The van der Waals surface area contributed by atoms with Crippen molar-refractivity contribution >= 4 is 43.7 Å². The molecule has 0 atom stereocenters. The Balaban J connectivity index is 1.77. The van der Waals surface area contributed by atoms with Gasteiger partial charge in [-0.25, -0.2) is 4.98 Å². The van der Waals surface area contributed by atoms with Crippen molar-refractivity contribution in [2.24, 2.45) is 5.73 Å². The third-order valence-corrected chi connectivity index (χ3v) is 5.99. The smallest absolute Gasteiger partial charge is 0.185 e. The molecule has 2 aromatic heterocycles. The summed E-state index contributed by atoms with van der Waals surface area (Å²) in [6.45, 7) is 1.51. The first-order valence-corrected chi connectivity index (χ1v) is 8.80. The van der Waals surface area contributed by atoms with Gasteiger partial charge in [0.1, 0.15) is 0 Å².